The Labute approximate surface area is 176 Å². The fourth-order valence-corrected chi connectivity index (χ4v) is 2.89. The van der Waals surface area contributed by atoms with Gasteiger partial charge in [-0.3, -0.25) is 4.79 Å². The molecular weight excluding hydrogens is 471 g/mol. The van der Waals surface area contributed by atoms with Crippen molar-refractivity contribution in [2.75, 3.05) is 7.11 Å². The molecular formula is C21H19IN2O4. The molecule has 0 fully saturated rings. The monoisotopic (exact) mass is 490 g/mol. The van der Waals surface area contributed by atoms with Crippen molar-refractivity contribution in [1.29, 1.82) is 0 Å². The van der Waals surface area contributed by atoms with Crippen LogP contribution in [0.25, 0.3) is 0 Å². The van der Waals surface area contributed by atoms with E-state index in [1.807, 2.05) is 42.5 Å². The third kappa shape index (κ3) is 5.13. The van der Waals surface area contributed by atoms with Crippen LogP contribution in [0.3, 0.4) is 0 Å². The van der Waals surface area contributed by atoms with Crippen LogP contribution in [0, 0.1) is 10.5 Å². The number of aryl methyl sites for hydroxylation is 1. The van der Waals surface area contributed by atoms with E-state index in [1.165, 1.54) is 6.26 Å². The van der Waals surface area contributed by atoms with Gasteiger partial charge in [-0.15, -0.1) is 0 Å². The zero-order valence-corrected chi connectivity index (χ0v) is 17.6. The van der Waals surface area contributed by atoms with Gasteiger partial charge in [0.2, 0.25) is 0 Å². The first-order valence-electron chi connectivity index (χ1n) is 8.49. The zero-order valence-electron chi connectivity index (χ0n) is 15.4. The summed E-state index contributed by atoms with van der Waals surface area (Å²) in [7, 11) is 1.62. The number of nitrogens with one attached hydrogen (secondary N) is 1. The number of carbonyl (C=O) groups excluding carboxylic acids is 1. The zero-order chi connectivity index (χ0) is 19.9. The SMILES string of the molecule is COc1ccc(/C=N/NC(=O)c2ccoc2C)cc1COc1ccc(I)cc1. The second-order valence-electron chi connectivity index (χ2n) is 5.90. The number of carbonyl (C=O) groups is 1. The third-order valence-corrected chi connectivity index (χ3v) is 4.71. The van der Waals surface area contributed by atoms with Crippen LogP contribution in [0.4, 0.5) is 0 Å². The molecule has 1 heterocycles. The predicted octanol–water partition coefficient (Wildman–Crippen LogP) is 4.54. The maximum atomic E-state index is 12.0. The number of hydrogen-bond acceptors (Lipinski definition) is 5. The molecule has 1 aromatic heterocycles. The lowest BCUT2D eigenvalue weighted by Gasteiger charge is -2.11. The summed E-state index contributed by atoms with van der Waals surface area (Å²) < 4.78 is 17.5. The van der Waals surface area contributed by atoms with Crippen LogP contribution in [0.15, 0.2) is 64.3 Å². The Morgan fingerprint density at radius 3 is 2.68 bits per heavy atom. The standard InChI is InChI=1S/C21H19IN2O4/c1-14-19(9-10-27-14)21(25)24-23-12-15-3-8-20(26-2)16(11-15)13-28-18-6-4-17(22)5-7-18/h3-12H,13H2,1-2H3,(H,24,25)/b23-12+. The summed E-state index contributed by atoms with van der Waals surface area (Å²) >= 11 is 2.25. The van der Waals surface area contributed by atoms with Crippen molar-refractivity contribution in [1.82, 2.24) is 5.43 Å². The van der Waals surface area contributed by atoms with Crippen molar-refractivity contribution in [3.8, 4) is 11.5 Å². The van der Waals surface area contributed by atoms with Crippen LogP contribution >= 0.6 is 22.6 Å². The molecule has 7 heteroatoms. The number of halogens is 1. The molecule has 6 nitrogen and oxygen atoms in total. The number of rotatable bonds is 7. The van der Waals surface area contributed by atoms with Gasteiger partial charge >= 0.3 is 0 Å². The van der Waals surface area contributed by atoms with Crippen molar-refractivity contribution in [2.45, 2.75) is 13.5 Å². The number of furan rings is 1. The molecule has 28 heavy (non-hydrogen) atoms. The van der Waals surface area contributed by atoms with Crippen molar-refractivity contribution >= 4 is 34.7 Å². The molecule has 0 saturated heterocycles. The molecule has 0 aliphatic carbocycles. The highest BCUT2D eigenvalue weighted by Gasteiger charge is 2.10. The van der Waals surface area contributed by atoms with E-state index in [0.29, 0.717) is 17.9 Å². The van der Waals surface area contributed by atoms with Gasteiger partial charge in [-0.05, 0) is 83.6 Å². The highest BCUT2D eigenvalue weighted by molar-refractivity contribution is 14.1. The maximum Gasteiger partial charge on any atom is 0.274 e. The quantitative estimate of drug-likeness (QED) is 0.300. The van der Waals surface area contributed by atoms with Gasteiger partial charge in [0, 0.05) is 9.13 Å². The van der Waals surface area contributed by atoms with Gasteiger partial charge in [0.1, 0.15) is 23.9 Å². The Bertz CT molecular complexity index is 980. The van der Waals surface area contributed by atoms with Crippen LogP contribution in [0.5, 0.6) is 11.5 Å². The summed E-state index contributed by atoms with van der Waals surface area (Å²) in [6, 6.07) is 15.0. The third-order valence-electron chi connectivity index (χ3n) is 4.00. The van der Waals surface area contributed by atoms with E-state index in [-0.39, 0.29) is 5.91 Å². The predicted molar refractivity (Wildman–Crippen MR) is 115 cm³/mol. The molecule has 0 radical (unpaired) electrons. The molecule has 0 bridgehead atoms. The average Bonchev–Trinajstić information content (AvgIpc) is 3.13. The highest BCUT2D eigenvalue weighted by atomic mass is 127. The fourth-order valence-electron chi connectivity index (χ4n) is 2.53. The lowest BCUT2D eigenvalue weighted by atomic mass is 10.1. The lowest BCUT2D eigenvalue weighted by molar-refractivity contribution is 0.0953. The number of benzene rings is 2. The molecule has 3 aromatic rings. The summed E-state index contributed by atoms with van der Waals surface area (Å²) in [5.74, 6) is 1.73. The molecule has 0 atom stereocenters. The summed E-state index contributed by atoms with van der Waals surface area (Å²) in [6.45, 7) is 2.08. The first-order valence-corrected chi connectivity index (χ1v) is 9.57. The largest absolute Gasteiger partial charge is 0.496 e. The Hall–Kier alpha value is -2.81. The van der Waals surface area contributed by atoms with Crippen molar-refractivity contribution in [2.24, 2.45) is 5.10 Å². The van der Waals surface area contributed by atoms with E-state index in [0.717, 1.165) is 26.2 Å². The van der Waals surface area contributed by atoms with Crippen molar-refractivity contribution in [3.05, 3.63) is 80.8 Å². The molecule has 0 unspecified atom stereocenters. The molecule has 144 valence electrons. The Balaban J connectivity index is 1.66. The van der Waals surface area contributed by atoms with Gasteiger partial charge in [0.05, 0.1) is 25.2 Å². The van der Waals surface area contributed by atoms with Gasteiger partial charge in [-0.2, -0.15) is 5.10 Å². The van der Waals surface area contributed by atoms with Crippen molar-refractivity contribution < 1.29 is 18.7 Å². The van der Waals surface area contributed by atoms with Gasteiger partial charge in [0.25, 0.3) is 5.91 Å². The average molecular weight is 490 g/mol. The minimum atomic E-state index is -0.321. The molecule has 1 amide bonds. The number of nitrogens with zero attached hydrogens (tertiary/aromatic N) is 1. The van der Waals surface area contributed by atoms with Crippen LogP contribution < -0.4 is 14.9 Å². The van der Waals surface area contributed by atoms with Crippen LogP contribution in [-0.4, -0.2) is 19.2 Å². The second kappa shape index (κ2) is 9.41. The van der Waals surface area contributed by atoms with E-state index in [9.17, 15) is 4.79 Å². The summed E-state index contributed by atoms with van der Waals surface area (Å²) in [5, 5.41) is 4.01. The molecule has 2 aromatic carbocycles. The number of ether oxygens (including phenoxy) is 2. The van der Waals surface area contributed by atoms with E-state index >= 15 is 0 Å². The molecule has 0 spiro atoms. The van der Waals surface area contributed by atoms with E-state index in [2.05, 4.69) is 33.1 Å². The smallest absolute Gasteiger partial charge is 0.274 e. The van der Waals surface area contributed by atoms with Gasteiger partial charge in [0.15, 0.2) is 0 Å². The molecule has 0 aliphatic rings. The molecule has 0 saturated carbocycles. The van der Waals surface area contributed by atoms with E-state index in [4.69, 9.17) is 13.9 Å². The first-order chi connectivity index (χ1) is 13.6. The number of hydrogen-bond donors (Lipinski definition) is 1. The maximum absolute atomic E-state index is 12.0. The first kappa shape index (κ1) is 19.9. The van der Waals surface area contributed by atoms with Crippen molar-refractivity contribution in [3.63, 3.8) is 0 Å². The fraction of sp³-hybridized carbons (Fsp3) is 0.143. The topological polar surface area (TPSA) is 73.1 Å². The minimum Gasteiger partial charge on any atom is -0.496 e. The lowest BCUT2D eigenvalue weighted by Crippen LogP contribution is -2.17. The molecule has 1 N–H and O–H groups in total. The number of amides is 1. The summed E-state index contributed by atoms with van der Waals surface area (Å²) in [4.78, 5) is 12.0. The normalized spacial score (nSPS) is 10.8. The van der Waals surface area contributed by atoms with E-state index < -0.39 is 0 Å². The molecule has 3 rings (SSSR count). The summed E-state index contributed by atoms with van der Waals surface area (Å²) in [5.41, 5.74) is 4.64. The molecule has 0 aliphatic heterocycles. The number of hydrazone groups is 1. The summed E-state index contributed by atoms with van der Waals surface area (Å²) in [6.07, 6.45) is 3.04. The Kier molecular flexibility index (Phi) is 6.70. The van der Waals surface area contributed by atoms with Gasteiger partial charge < -0.3 is 13.9 Å². The second-order valence-corrected chi connectivity index (χ2v) is 7.15. The highest BCUT2D eigenvalue weighted by Crippen LogP contribution is 2.22. The van der Waals surface area contributed by atoms with Gasteiger partial charge in [-0.1, -0.05) is 0 Å². The van der Waals surface area contributed by atoms with Crippen LogP contribution in [-0.2, 0) is 6.61 Å². The van der Waals surface area contributed by atoms with Crippen LogP contribution in [0.1, 0.15) is 27.2 Å². The van der Waals surface area contributed by atoms with Crippen LogP contribution in [0.2, 0.25) is 0 Å². The van der Waals surface area contributed by atoms with Gasteiger partial charge in [-0.25, -0.2) is 5.43 Å². The van der Waals surface area contributed by atoms with E-state index in [1.54, 1.807) is 26.3 Å². The Morgan fingerprint density at radius 2 is 2.00 bits per heavy atom. The Morgan fingerprint density at radius 1 is 1.21 bits per heavy atom. The number of methoxy groups -OCH3 is 1. The minimum absolute atomic E-state index is 0.321.